The lowest BCUT2D eigenvalue weighted by atomic mass is 10.1. The summed E-state index contributed by atoms with van der Waals surface area (Å²) in [4.78, 5) is 28.6. The number of nitrogens with zero attached hydrogens (tertiary/aromatic N) is 2. The van der Waals surface area contributed by atoms with E-state index in [9.17, 15) is 31.2 Å². The van der Waals surface area contributed by atoms with Gasteiger partial charge in [0, 0.05) is 37.6 Å². The topological polar surface area (TPSA) is 97.1 Å². The van der Waals surface area contributed by atoms with Crippen LogP contribution in [-0.4, -0.2) is 57.3 Å². The van der Waals surface area contributed by atoms with Crippen molar-refractivity contribution in [2.45, 2.75) is 19.4 Å². The third-order valence-electron chi connectivity index (χ3n) is 4.83. The van der Waals surface area contributed by atoms with Gasteiger partial charge in [0.1, 0.15) is 16.9 Å². The van der Waals surface area contributed by atoms with Gasteiger partial charge < -0.3 is 18.4 Å². The number of benzene rings is 1. The van der Waals surface area contributed by atoms with Gasteiger partial charge in [-0.3, -0.25) is 4.79 Å². The van der Waals surface area contributed by atoms with Crippen molar-refractivity contribution in [3.8, 4) is 5.75 Å². The molecule has 0 spiro atoms. The van der Waals surface area contributed by atoms with Crippen molar-refractivity contribution in [1.82, 2.24) is 4.90 Å². The second-order valence-electron chi connectivity index (χ2n) is 6.73. The van der Waals surface area contributed by atoms with Gasteiger partial charge in [-0.05, 0) is 25.6 Å². The van der Waals surface area contributed by atoms with Crippen molar-refractivity contribution in [2.75, 3.05) is 37.6 Å². The second kappa shape index (κ2) is 7.91. The molecule has 1 fully saturated rings. The first kappa shape index (κ1) is 22.1. The fourth-order valence-corrected chi connectivity index (χ4v) is 3.77. The molecule has 2 aromatic rings. The fraction of sp³-hybridized carbons (Fsp3) is 0.444. The fourth-order valence-electron chi connectivity index (χ4n) is 3.32. The Morgan fingerprint density at radius 3 is 2.37 bits per heavy atom. The van der Waals surface area contributed by atoms with Crippen molar-refractivity contribution in [3.05, 3.63) is 34.2 Å². The Hall–Kier alpha value is -2.60. The summed E-state index contributed by atoms with van der Waals surface area (Å²) in [6.45, 7) is 6.51. The number of Topliss-reactive ketones (excluding diaryl/α,β-unsaturated/α-hetero) is 1. The Morgan fingerprint density at radius 1 is 1.20 bits per heavy atom. The van der Waals surface area contributed by atoms with Crippen LogP contribution in [0.25, 0.3) is 11.0 Å². The zero-order valence-electron chi connectivity index (χ0n) is 16.2. The molecular formula is C18H19F3N2O6S. The molecule has 1 aromatic heterocycles. The van der Waals surface area contributed by atoms with E-state index < -0.39 is 32.8 Å². The van der Waals surface area contributed by atoms with Gasteiger partial charge >= 0.3 is 21.3 Å². The number of hydrogen-bond acceptors (Lipinski definition) is 8. The van der Waals surface area contributed by atoms with Gasteiger partial charge in [0.05, 0.1) is 5.69 Å². The number of rotatable bonds is 5. The number of carbonyl (C=O) groups excluding carboxylic acids is 1. The minimum absolute atomic E-state index is 0.163. The van der Waals surface area contributed by atoms with E-state index in [1.807, 2.05) is 11.8 Å². The molecule has 3 rings (SSSR count). The monoisotopic (exact) mass is 448 g/mol. The average Bonchev–Trinajstić information content (AvgIpc) is 2.65. The molecule has 2 heterocycles. The number of likely N-dealkylation sites (N-methyl/N-ethyl adjacent to an activating group) is 1. The highest BCUT2D eigenvalue weighted by atomic mass is 32.2. The predicted octanol–water partition coefficient (Wildman–Crippen LogP) is 2.37. The van der Waals surface area contributed by atoms with Crippen LogP contribution in [0.15, 0.2) is 27.4 Å². The van der Waals surface area contributed by atoms with Crippen LogP contribution in [0, 0.1) is 0 Å². The van der Waals surface area contributed by atoms with Gasteiger partial charge in [-0.15, -0.1) is 0 Å². The molecule has 0 radical (unpaired) electrons. The highest BCUT2D eigenvalue weighted by molar-refractivity contribution is 7.88. The first-order valence-corrected chi connectivity index (χ1v) is 10.4. The molecular weight excluding hydrogens is 429 g/mol. The maximum atomic E-state index is 12.6. The number of carbonyl (C=O) groups is 1. The highest BCUT2D eigenvalue weighted by Crippen LogP contribution is 2.34. The standard InChI is InChI=1S/C18H19F3N2O6S/c1-3-22-6-8-23(9-7-22)16-13-5-4-12(29-30(26,27)18(19,20)21)10-14(13)28-17(25)15(16)11(2)24/h4-5,10H,3,6-9H2,1-2H3. The maximum Gasteiger partial charge on any atom is 0.534 e. The van der Waals surface area contributed by atoms with Crippen molar-refractivity contribution in [1.29, 1.82) is 0 Å². The van der Waals surface area contributed by atoms with E-state index >= 15 is 0 Å². The Kier molecular flexibility index (Phi) is 5.83. The van der Waals surface area contributed by atoms with Gasteiger partial charge in [-0.1, -0.05) is 6.92 Å². The summed E-state index contributed by atoms with van der Waals surface area (Å²) in [5, 5.41) is 0.293. The van der Waals surface area contributed by atoms with Crippen molar-refractivity contribution >= 4 is 32.6 Å². The minimum Gasteiger partial charge on any atom is -0.422 e. The zero-order valence-corrected chi connectivity index (χ0v) is 17.0. The summed E-state index contributed by atoms with van der Waals surface area (Å²) in [5.74, 6) is -1.18. The van der Waals surface area contributed by atoms with Crippen molar-refractivity contribution in [2.24, 2.45) is 0 Å². The number of halogens is 3. The number of piperazine rings is 1. The third-order valence-corrected chi connectivity index (χ3v) is 5.81. The molecule has 0 saturated carbocycles. The predicted molar refractivity (Wildman–Crippen MR) is 102 cm³/mol. The molecule has 0 unspecified atom stereocenters. The summed E-state index contributed by atoms with van der Waals surface area (Å²) < 4.78 is 69.4. The Morgan fingerprint density at radius 2 is 1.83 bits per heavy atom. The lowest BCUT2D eigenvalue weighted by Gasteiger charge is -2.36. The van der Waals surface area contributed by atoms with Gasteiger partial charge in [-0.2, -0.15) is 21.6 Å². The molecule has 8 nitrogen and oxygen atoms in total. The van der Waals surface area contributed by atoms with Crippen LogP contribution in [-0.2, 0) is 10.1 Å². The SMILES string of the molecule is CCN1CCN(c2c(C(C)=O)c(=O)oc3cc(OS(=O)(=O)C(F)(F)F)ccc23)CC1. The lowest BCUT2D eigenvalue weighted by Crippen LogP contribution is -2.47. The van der Waals surface area contributed by atoms with Crippen LogP contribution in [0.4, 0.5) is 18.9 Å². The van der Waals surface area contributed by atoms with Crippen LogP contribution in [0.2, 0.25) is 0 Å². The summed E-state index contributed by atoms with van der Waals surface area (Å²) in [5.41, 5.74) is -6.60. The van der Waals surface area contributed by atoms with Crippen LogP contribution in [0.3, 0.4) is 0 Å². The van der Waals surface area contributed by atoms with Crippen molar-refractivity contribution < 1.29 is 35.0 Å². The van der Waals surface area contributed by atoms with Gasteiger partial charge in [0.25, 0.3) is 0 Å². The summed E-state index contributed by atoms with van der Waals surface area (Å²) in [6, 6.07) is 3.17. The Bertz CT molecular complexity index is 1140. The highest BCUT2D eigenvalue weighted by Gasteiger charge is 2.48. The molecule has 0 bridgehead atoms. The zero-order chi connectivity index (χ0) is 22.3. The molecule has 12 heteroatoms. The molecule has 1 aliphatic rings. The van der Waals surface area contributed by atoms with E-state index in [1.54, 1.807) is 0 Å². The van der Waals surface area contributed by atoms with E-state index in [1.165, 1.54) is 13.0 Å². The van der Waals surface area contributed by atoms with E-state index in [0.29, 0.717) is 37.3 Å². The molecule has 0 amide bonds. The van der Waals surface area contributed by atoms with Gasteiger partial charge in [0.2, 0.25) is 0 Å². The number of anilines is 1. The summed E-state index contributed by atoms with van der Waals surface area (Å²) in [6.07, 6.45) is 0. The molecule has 0 N–H and O–H groups in total. The van der Waals surface area contributed by atoms with Crippen LogP contribution in [0.5, 0.6) is 5.75 Å². The Balaban J connectivity index is 2.11. The van der Waals surface area contributed by atoms with Crippen LogP contribution in [0.1, 0.15) is 24.2 Å². The van der Waals surface area contributed by atoms with E-state index in [0.717, 1.165) is 18.7 Å². The molecule has 1 aliphatic heterocycles. The van der Waals surface area contributed by atoms with E-state index in [4.69, 9.17) is 4.42 Å². The van der Waals surface area contributed by atoms with Gasteiger partial charge in [0.15, 0.2) is 5.78 Å². The van der Waals surface area contributed by atoms with Gasteiger partial charge in [-0.25, -0.2) is 4.79 Å². The molecule has 30 heavy (non-hydrogen) atoms. The minimum atomic E-state index is -5.88. The largest absolute Gasteiger partial charge is 0.534 e. The second-order valence-corrected chi connectivity index (χ2v) is 8.27. The first-order chi connectivity index (χ1) is 13.9. The number of alkyl halides is 3. The molecule has 164 valence electrons. The number of fused-ring (bicyclic) bond motifs is 1. The van der Waals surface area contributed by atoms with Crippen molar-refractivity contribution in [3.63, 3.8) is 0 Å². The molecule has 0 atom stereocenters. The summed E-state index contributed by atoms with van der Waals surface area (Å²) in [7, 11) is -5.88. The van der Waals surface area contributed by atoms with E-state index in [-0.39, 0.29) is 11.1 Å². The van der Waals surface area contributed by atoms with Crippen LogP contribution < -0.4 is 14.7 Å². The average molecular weight is 448 g/mol. The molecule has 1 aromatic carbocycles. The molecule has 0 aliphatic carbocycles. The smallest absolute Gasteiger partial charge is 0.422 e. The molecule has 1 saturated heterocycles. The number of ketones is 1. The van der Waals surface area contributed by atoms with Crippen LogP contribution >= 0.6 is 0 Å². The lowest BCUT2D eigenvalue weighted by molar-refractivity contribution is -0.0500. The summed E-state index contributed by atoms with van der Waals surface area (Å²) >= 11 is 0. The third kappa shape index (κ3) is 4.15. The quantitative estimate of drug-likeness (QED) is 0.298. The Labute approximate surface area is 169 Å². The number of hydrogen-bond donors (Lipinski definition) is 0. The van der Waals surface area contributed by atoms with E-state index in [2.05, 4.69) is 9.08 Å². The normalized spacial score (nSPS) is 16.1. The maximum absolute atomic E-state index is 12.6. The first-order valence-electron chi connectivity index (χ1n) is 9.04.